The molecule has 4 amide bonds. The minimum Gasteiger partial charge on any atom is -0.382 e. The van der Waals surface area contributed by atoms with E-state index in [0.717, 1.165) is 4.90 Å². The van der Waals surface area contributed by atoms with E-state index in [9.17, 15) is 27.6 Å². The SMILES string of the molecule is O=C1CCC(N2C(=O)c3cccc(NCCOCCOCCCS(=O)(=O)C4CNC4)c3C2=O)C(=O)N1. The molecule has 1 unspecified atom stereocenters. The highest BCUT2D eigenvalue weighted by Gasteiger charge is 2.45. The molecule has 196 valence electrons. The van der Waals surface area contributed by atoms with E-state index in [4.69, 9.17) is 9.47 Å². The molecule has 36 heavy (non-hydrogen) atoms. The molecule has 0 bridgehead atoms. The Kier molecular flexibility index (Phi) is 8.34. The first-order valence-corrected chi connectivity index (χ1v) is 13.7. The van der Waals surface area contributed by atoms with Gasteiger partial charge in [0.2, 0.25) is 11.8 Å². The van der Waals surface area contributed by atoms with Gasteiger partial charge in [-0.2, -0.15) is 0 Å². The molecule has 0 saturated carbocycles. The van der Waals surface area contributed by atoms with Crippen LogP contribution in [0.25, 0.3) is 0 Å². The smallest absolute Gasteiger partial charge is 0.264 e. The second kappa shape index (κ2) is 11.5. The first kappa shape index (κ1) is 26.2. The van der Waals surface area contributed by atoms with Crippen molar-refractivity contribution in [3.8, 4) is 0 Å². The second-order valence-corrected chi connectivity index (χ2v) is 11.2. The third-order valence-corrected chi connectivity index (χ3v) is 8.58. The van der Waals surface area contributed by atoms with Crippen LogP contribution in [-0.2, 0) is 28.9 Å². The van der Waals surface area contributed by atoms with Gasteiger partial charge in [0.25, 0.3) is 11.8 Å². The number of carbonyl (C=O) groups is 4. The van der Waals surface area contributed by atoms with Crippen LogP contribution in [0, 0.1) is 0 Å². The summed E-state index contributed by atoms with van der Waals surface area (Å²) in [6.45, 7) is 2.74. The Morgan fingerprint density at radius 1 is 1.00 bits per heavy atom. The summed E-state index contributed by atoms with van der Waals surface area (Å²) in [5.41, 5.74) is 0.867. The highest BCUT2D eigenvalue weighted by Crippen LogP contribution is 2.32. The maximum Gasteiger partial charge on any atom is 0.264 e. The van der Waals surface area contributed by atoms with Gasteiger partial charge in [-0.25, -0.2) is 8.42 Å². The summed E-state index contributed by atoms with van der Waals surface area (Å²) < 4.78 is 34.9. The van der Waals surface area contributed by atoms with E-state index in [1.165, 1.54) is 6.07 Å². The predicted molar refractivity (Wildman–Crippen MR) is 128 cm³/mol. The largest absolute Gasteiger partial charge is 0.382 e. The summed E-state index contributed by atoms with van der Waals surface area (Å²) in [6, 6.07) is 3.85. The third kappa shape index (κ3) is 5.75. The molecule has 3 N–H and O–H groups in total. The van der Waals surface area contributed by atoms with Crippen molar-refractivity contribution in [1.29, 1.82) is 0 Å². The van der Waals surface area contributed by atoms with E-state index in [2.05, 4.69) is 16.0 Å². The average molecular weight is 523 g/mol. The van der Waals surface area contributed by atoms with Crippen LogP contribution >= 0.6 is 0 Å². The molecule has 13 heteroatoms. The summed E-state index contributed by atoms with van der Waals surface area (Å²) in [4.78, 5) is 50.5. The van der Waals surface area contributed by atoms with Crippen molar-refractivity contribution >= 4 is 39.2 Å². The van der Waals surface area contributed by atoms with Crippen molar-refractivity contribution in [1.82, 2.24) is 15.5 Å². The van der Waals surface area contributed by atoms with Gasteiger partial charge in [0.15, 0.2) is 9.84 Å². The third-order valence-electron chi connectivity index (χ3n) is 6.37. The number of rotatable bonds is 13. The summed E-state index contributed by atoms with van der Waals surface area (Å²) in [6.07, 6.45) is 0.609. The van der Waals surface area contributed by atoms with Crippen molar-refractivity contribution in [3.63, 3.8) is 0 Å². The zero-order valence-corrected chi connectivity index (χ0v) is 20.6. The van der Waals surface area contributed by atoms with Gasteiger partial charge in [-0.05, 0) is 25.0 Å². The maximum absolute atomic E-state index is 13.0. The lowest BCUT2D eigenvalue weighted by molar-refractivity contribution is -0.136. The van der Waals surface area contributed by atoms with E-state index >= 15 is 0 Å². The van der Waals surface area contributed by atoms with Gasteiger partial charge in [-0.3, -0.25) is 29.4 Å². The molecule has 12 nitrogen and oxygen atoms in total. The van der Waals surface area contributed by atoms with Gasteiger partial charge in [0, 0.05) is 38.3 Å². The molecule has 3 aliphatic heterocycles. The van der Waals surface area contributed by atoms with Crippen LogP contribution in [-0.4, -0.2) is 100 Å². The van der Waals surface area contributed by atoms with Crippen molar-refractivity contribution < 1.29 is 37.1 Å². The van der Waals surface area contributed by atoms with Crippen LogP contribution in [0.5, 0.6) is 0 Å². The number of carbonyl (C=O) groups excluding carboxylic acids is 4. The molecule has 3 heterocycles. The molecule has 1 atom stereocenters. The Balaban J connectivity index is 1.17. The van der Waals surface area contributed by atoms with Gasteiger partial charge >= 0.3 is 0 Å². The lowest BCUT2D eigenvalue weighted by Crippen LogP contribution is -2.54. The molecular weight excluding hydrogens is 492 g/mol. The van der Waals surface area contributed by atoms with Crippen LogP contribution in [0.2, 0.25) is 0 Å². The Bertz CT molecular complexity index is 1130. The number of hydrogen-bond acceptors (Lipinski definition) is 10. The summed E-state index contributed by atoms with van der Waals surface area (Å²) in [5.74, 6) is -2.08. The maximum atomic E-state index is 13.0. The Morgan fingerprint density at radius 2 is 1.75 bits per heavy atom. The number of anilines is 1. The molecule has 0 radical (unpaired) electrons. The van der Waals surface area contributed by atoms with E-state index in [1.807, 2.05) is 0 Å². The highest BCUT2D eigenvalue weighted by molar-refractivity contribution is 7.92. The van der Waals surface area contributed by atoms with Crippen molar-refractivity contribution in [3.05, 3.63) is 29.3 Å². The zero-order chi connectivity index (χ0) is 25.7. The lowest BCUT2D eigenvalue weighted by atomic mass is 10.0. The number of nitrogens with zero attached hydrogens (tertiary/aromatic N) is 1. The van der Waals surface area contributed by atoms with Crippen LogP contribution in [0.3, 0.4) is 0 Å². The Labute approximate surface area is 209 Å². The molecular formula is C23H30N4O8S. The Hall–Kier alpha value is -2.87. The minimum absolute atomic E-state index is 0.0627. The van der Waals surface area contributed by atoms with Crippen LogP contribution in [0.4, 0.5) is 5.69 Å². The number of sulfone groups is 1. The Morgan fingerprint density at radius 3 is 2.44 bits per heavy atom. The standard InChI is InChI=1S/C23H30N4O8S/c28-19-6-5-18(21(29)26-19)27-22(30)16-3-1-4-17(20(16)23(27)31)25-7-9-35-11-10-34-8-2-12-36(32,33)15-13-24-14-15/h1,3-4,15,18,24-25H,2,5-14H2,(H,26,28,29). The number of benzene rings is 1. The topological polar surface area (TPSA) is 160 Å². The molecule has 2 saturated heterocycles. The molecule has 0 aliphatic carbocycles. The molecule has 2 fully saturated rings. The van der Waals surface area contributed by atoms with Gasteiger partial charge in [0.1, 0.15) is 6.04 Å². The normalized spacial score (nSPS) is 20.3. The number of imide groups is 2. The van der Waals surface area contributed by atoms with Gasteiger partial charge in [-0.1, -0.05) is 6.07 Å². The molecule has 0 spiro atoms. The zero-order valence-electron chi connectivity index (χ0n) is 19.8. The summed E-state index contributed by atoms with van der Waals surface area (Å²) in [7, 11) is -3.04. The number of amides is 4. The van der Waals surface area contributed by atoms with E-state index < -0.39 is 39.5 Å². The first-order chi connectivity index (χ1) is 17.3. The number of fused-ring (bicyclic) bond motifs is 1. The fraction of sp³-hybridized carbons (Fsp3) is 0.565. The number of piperidine rings is 1. The highest BCUT2D eigenvalue weighted by atomic mass is 32.2. The van der Waals surface area contributed by atoms with Crippen LogP contribution < -0.4 is 16.0 Å². The van der Waals surface area contributed by atoms with Crippen LogP contribution in [0.1, 0.15) is 40.0 Å². The predicted octanol–water partition coefficient (Wildman–Crippen LogP) is -0.690. The second-order valence-electron chi connectivity index (χ2n) is 8.83. The molecule has 1 aromatic rings. The van der Waals surface area contributed by atoms with Gasteiger partial charge < -0.3 is 20.1 Å². The van der Waals surface area contributed by atoms with E-state index in [1.54, 1.807) is 12.1 Å². The number of hydrogen-bond donors (Lipinski definition) is 3. The van der Waals surface area contributed by atoms with Crippen molar-refractivity contribution in [2.75, 3.05) is 57.1 Å². The minimum atomic E-state index is -3.04. The lowest BCUT2D eigenvalue weighted by Gasteiger charge is -2.27. The van der Waals surface area contributed by atoms with Crippen molar-refractivity contribution in [2.24, 2.45) is 0 Å². The average Bonchev–Trinajstić information content (AvgIpc) is 3.04. The molecule has 0 aromatic heterocycles. The summed E-state index contributed by atoms with van der Waals surface area (Å²) in [5, 5.41) is 7.96. The quantitative estimate of drug-likeness (QED) is 0.223. The van der Waals surface area contributed by atoms with Crippen LogP contribution in [0.15, 0.2) is 18.2 Å². The number of ether oxygens (including phenoxy) is 2. The first-order valence-electron chi connectivity index (χ1n) is 12.0. The fourth-order valence-electron chi connectivity index (χ4n) is 4.29. The van der Waals surface area contributed by atoms with Gasteiger partial charge in [-0.15, -0.1) is 0 Å². The van der Waals surface area contributed by atoms with E-state index in [-0.39, 0.29) is 35.0 Å². The molecule has 4 rings (SSSR count). The van der Waals surface area contributed by atoms with E-state index in [0.29, 0.717) is 58.2 Å². The van der Waals surface area contributed by atoms with Crippen molar-refractivity contribution in [2.45, 2.75) is 30.6 Å². The molecule has 1 aromatic carbocycles. The summed E-state index contributed by atoms with van der Waals surface area (Å²) >= 11 is 0. The molecule has 3 aliphatic rings. The van der Waals surface area contributed by atoms with Gasteiger partial charge in [0.05, 0.1) is 42.0 Å². The fourth-order valence-corrected chi connectivity index (χ4v) is 5.88. The number of nitrogens with one attached hydrogen (secondary N) is 3. The monoisotopic (exact) mass is 522 g/mol.